The lowest BCUT2D eigenvalue weighted by Gasteiger charge is -2.42. The summed E-state index contributed by atoms with van der Waals surface area (Å²) >= 11 is 0. The Morgan fingerprint density at radius 1 is 1.02 bits per heavy atom. The van der Waals surface area contributed by atoms with Gasteiger partial charge in [0.25, 0.3) is 8.32 Å². The Morgan fingerprint density at radius 3 is 2.18 bits per heavy atom. The molecule has 3 N–H and O–H groups in total. The van der Waals surface area contributed by atoms with Crippen molar-refractivity contribution in [2.45, 2.75) is 122 Å². The number of ether oxygens (including phenoxy) is 2. The molecular weight excluding hydrogens is 657 g/mol. The van der Waals surface area contributed by atoms with Crippen LogP contribution in [-0.2, 0) is 35.1 Å². The fraction of sp³-hybridized carbons (Fsp3) is 0.595. The molecule has 12 nitrogen and oxygen atoms in total. The number of rotatable bonds is 18. The van der Waals surface area contributed by atoms with Gasteiger partial charge in [-0.15, -0.1) is 0 Å². The van der Waals surface area contributed by atoms with Gasteiger partial charge >= 0.3 is 12.1 Å². The number of benzene rings is 1. The molecule has 3 atom stereocenters. The third-order valence-corrected chi connectivity index (χ3v) is 14.8. The van der Waals surface area contributed by atoms with Crippen molar-refractivity contribution in [1.29, 1.82) is 0 Å². The Balaban J connectivity index is 2.18. The van der Waals surface area contributed by atoms with Crippen LogP contribution in [0.25, 0.3) is 0 Å². The average Bonchev–Trinajstić information content (AvgIpc) is 3.52. The molecule has 0 unspecified atom stereocenters. The summed E-state index contributed by atoms with van der Waals surface area (Å²) in [6.45, 7) is 22.4. The Bertz CT molecular complexity index is 1320. The summed E-state index contributed by atoms with van der Waals surface area (Å²) in [5.41, 5.74) is 1.45. The maximum atomic E-state index is 13.3. The zero-order valence-electron chi connectivity index (χ0n) is 31.2. The Hall–Kier alpha value is -4.13. The maximum Gasteiger partial charge on any atom is 0.408 e. The number of nitrogens with zero attached hydrogens (tertiary/aromatic N) is 1. The fourth-order valence-electron chi connectivity index (χ4n) is 6.61. The lowest BCUT2D eigenvalue weighted by Crippen LogP contribution is -2.54. The van der Waals surface area contributed by atoms with Crippen LogP contribution >= 0.6 is 0 Å². The first-order valence-corrected chi connectivity index (χ1v) is 19.6. The third kappa shape index (κ3) is 12.3. The molecule has 1 aromatic carbocycles. The highest BCUT2D eigenvalue weighted by atomic mass is 28.4. The van der Waals surface area contributed by atoms with Gasteiger partial charge in [0.15, 0.2) is 0 Å². The molecular formula is C37H58N4O8Si. The van der Waals surface area contributed by atoms with Crippen LogP contribution in [0.15, 0.2) is 49.1 Å². The zero-order valence-corrected chi connectivity index (χ0v) is 32.2. The molecule has 1 heterocycles. The molecule has 50 heavy (non-hydrogen) atoms. The van der Waals surface area contributed by atoms with Gasteiger partial charge in [-0.1, -0.05) is 72.4 Å². The average molecular weight is 715 g/mol. The van der Waals surface area contributed by atoms with Crippen molar-refractivity contribution in [3.8, 4) is 5.75 Å². The summed E-state index contributed by atoms with van der Waals surface area (Å²) in [6.07, 6.45) is 5.38. The molecule has 0 spiro atoms. The van der Waals surface area contributed by atoms with Crippen molar-refractivity contribution < 1.29 is 37.9 Å². The van der Waals surface area contributed by atoms with E-state index >= 15 is 0 Å². The highest BCUT2D eigenvalue weighted by Gasteiger charge is 2.47. The number of carbonyl (C=O) groups is 5. The van der Waals surface area contributed by atoms with Gasteiger partial charge in [-0.2, -0.15) is 0 Å². The minimum Gasteiger partial charge on any atom is -0.543 e. The van der Waals surface area contributed by atoms with Crippen LogP contribution in [0.4, 0.5) is 4.79 Å². The highest BCUT2D eigenvalue weighted by molar-refractivity contribution is 6.78. The van der Waals surface area contributed by atoms with E-state index in [4.69, 9.17) is 13.9 Å². The standard InChI is InChI=1S/C37H58N4O8Si/c1-11-21-47-35(45)32-13-12-20-41(32)34(44)31(39-24-42)23-38-33(43)19-16-29(40-36(46)48-37(8,9)10)22-28-14-17-30(18-15-28)49-50(25(2)3,26(4)5)27(6)7/h11,14-19,24-27,29,31-32H,1,12-13,20-23H2,2-10H3,(H,38,43)(H,39,42)(H,40,46)/b19-16+/t29-,31+,32+/m1/s1. The number of likely N-dealkylation sites (tertiary alicyclic amines) is 1. The van der Waals surface area contributed by atoms with E-state index in [1.807, 2.05) is 24.3 Å². The molecule has 1 aliphatic heterocycles. The van der Waals surface area contributed by atoms with Crippen molar-refractivity contribution in [2.24, 2.45) is 0 Å². The SMILES string of the molecule is C=CCOC(=O)[C@@H]1CCCN1C(=O)[C@H](CNC(=O)/C=C/[C@H](Cc1ccc(O[Si](C(C)C)(C(C)C)C(C)C)cc1)NC(=O)OC(C)(C)C)NC=O. The number of alkyl carbamates (subject to hydrolysis) is 1. The minimum atomic E-state index is -2.14. The molecule has 2 rings (SSSR count). The molecule has 1 saturated heterocycles. The smallest absolute Gasteiger partial charge is 0.408 e. The molecule has 0 radical (unpaired) electrons. The van der Waals surface area contributed by atoms with Gasteiger partial charge in [-0.25, -0.2) is 9.59 Å². The number of hydrogen-bond acceptors (Lipinski definition) is 8. The van der Waals surface area contributed by atoms with Crippen molar-refractivity contribution in [1.82, 2.24) is 20.9 Å². The first-order chi connectivity index (χ1) is 23.4. The van der Waals surface area contributed by atoms with Crippen LogP contribution in [0, 0.1) is 0 Å². The second-order valence-electron chi connectivity index (χ2n) is 14.6. The second kappa shape index (κ2) is 19.3. The van der Waals surface area contributed by atoms with E-state index in [1.165, 1.54) is 17.1 Å². The van der Waals surface area contributed by atoms with Crippen LogP contribution in [0.1, 0.15) is 80.7 Å². The molecule has 1 aliphatic rings. The first kappa shape index (κ1) is 42.0. The molecule has 13 heteroatoms. The molecule has 1 aromatic rings. The van der Waals surface area contributed by atoms with Crippen LogP contribution < -0.4 is 20.4 Å². The number of nitrogens with one attached hydrogen (secondary N) is 3. The van der Waals surface area contributed by atoms with Gasteiger partial charge in [0.05, 0.1) is 6.04 Å². The predicted molar refractivity (Wildman–Crippen MR) is 196 cm³/mol. The predicted octanol–water partition coefficient (Wildman–Crippen LogP) is 5.18. The largest absolute Gasteiger partial charge is 0.543 e. The van der Waals surface area contributed by atoms with Gasteiger partial charge < -0.3 is 34.8 Å². The fourth-order valence-corrected chi connectivity index (χ4v) is 11.9. The Kier molecular flexibility index (Phi) is 16.2. The maximum absolute atomic E-state index is 13.3. The third-order valence-electron chi connectivity index (χ3n) is 8.76. The Labute approximate surface area is 298 Å². The topological polar surface area (TPSA) is 152 Å². The van der Waals surface area contributed by atoms with E-state index < -0.39 is 55.9 Å². The number of esters is 1. The van der Waals surface area contributed by atoms with Crippen LogP contribution in [0.5, 0.6) is 5.75 Å². The van der Waals surface area contributed by atoms with E-state index in [0.29, 0.717) is 48.8 Å². The lowest BCUT2D eigenvalue weighted by molar-refractivity contribution is -0.153. The molecule has 0 aromatic heterocycles. The second-order valence-corrected chi connectivity index (χ2v) is 19.9. The summed E-state index contributed by atoms with van der Waals surface area (Å²) in [5.74, 6) is -0.790. The highest BCUT2D eigenvalue weighted by Crippen LogP contribution is 2.42. The van der Waals surface area contributed by atoms with Crippen molar-refractivity contribution in [3.05, 3.63) is 54.6 Å². The van der Waals surface area contributed by atoms with Crippen molar-refractivity contribution >= 4 is 38.6 Å². The summed E-state index contributed by atoms with van der Waals surface area (Å²) < 4.78 is 17.4. The normalized spacial score (nSPS) is 16.2. The monoisotopic (exact) mass is 714 g/mol. The van der Waals surface area contributed by atoms with Crippen LogP contribution in [0.2, 0.25) is 16.6 Å². The van der Waals surface area contributed by atoms with Gasteiger partial charge in [0.1, 0.15) is 30.0 Å². The number of amides is 4. The molecule has 4 amide bonds. The Morgan fingerprint density at radius 2 is 1.64 bits per heavy atom. The quantitative estimate of drug-likeness (QED) is 0.0619. The van der Waals surface area contributed by atoms with Gasteiger partial charge in [0, 0.05) is 19.2 Å². The van der Waals surface area contributed by atoms with Crippen LogP contribution in [0.3, 0.4) is 0 Å². The number of carbonyl (C=O) groups excluding carboxylic acids is 5. The summed E-state index contributed by atoms with van der Waals surface area (Å²) in [5, 5.41) is 7.90. The van der Waals surface area contributed by atoms with Crippen LogP contribution in [-0.4, -0.2) is 86.9 Å². The minimum absolute atomic E-state index is 0.0240. The molecule has 0 saturated carbocycles. The number of hydrogen-bond donors (Lipinski definition) is 3. The molecule has 278 valence electrons. The van der Waals surface area contributed by atoms with E-state index in [1.54, 1.807) is 26.8 Å². The summed E-state index contributed by atoms with van der Waals surface area (Å²) in [4.78, 5) is 64.1. The van der Waals surface area contributed by atoms with E-state index in [9.17, 15) is 24.0 Å². The summed E-state index contributed by atoms with van der Waals surface area (Å²) in [6, 6.07) is 5.31. The summed E-state index contributed by atoms with van der Waals surface area (Å²) in [7, 11) is -2.14. The van der Waals surface area contributed by atoms with Gasteiger partial charge in [-0.3, -0.25) is 14.4 Å². The zero-order chi connectivity index (χ0) is 37.6. The molecule has 0 bridgehead atoms. The van der Waals surface area contributed by atoms with Gasteiger partial charge in [0.2, 0.25) is 18.2 Å². The van der Waals surface area contributed by atoms with Gasteiger partial charge in [-0.05, 0) is 74.4 Å². The van der Waals surface area contributed by atoms with E-state index in [-0.39, 0.29) is 13.2 Å². The van der Waals surface area contributed by atoms with Crippen molar-refractivity contribution in [2.75, 3.05) is 19.7 Å². The first-order valence-electron chi connectivity index (χ1n) is 17.5. The van der Waals surface area contributed by atoms with E-state index in [0.717, 1.165) is 11.3 Å². The van der Waals surface area contributed by atoms with E-state index in [2.05, 4.69) is 64.1 Å². The van der Waals surface area contributed by atoms with Crippen molar-refractivity contribution in [3.63, 3.8) is 0 Å². The lowest BCUT2D eigenvalue weighted by atomic mass is 10.1. The molecule has 0 aliphatic carbocycles. The molecule has 1 fully saturated rings.